The van der Waals surface area contributed by atoms with E-state index in [1.165, 1.54) is 10.8 Å². The lowest BCUT2D eigenvalue weighted by Gasteiger charge is -2.50. The van der Waals surface area contributed by atoms with E-state index in [0.29, 0.717) is 0 Å². The van der Waals surface area contributed by atoms with Gasteiger partial charge >= 0.3 is 0 Å². The van der Waals surface area contributed by atoms with Crippen LogP contribution in [0.25, 0.3) is 10.8 Å². The minimum absolute atomic E-state index is 0.104. The van der Waals surface area contributed by atoms with Crippen LogP contribution in [0.2, 0.25) is 0 Å². The molecule has 0 spiro atoms. The predicted octanol–water partition coefficient (Wildman–Crippen LogP) is 5.01. The molecule has 0 N–H and O–H groups in total. The maximum atomic E-state index is 6.33. The Kier molecular flexibility index (Phi) is 3.18. The average Bonchev–Trinajstić information content (AvgIpc) is 2.46. The number of halogens is 1. The van der Waals surface area contributed by atoms with Crippen LogP contribution in [0.3, 0.4) is 0 Å². The molecule has 0 heterocycles. The maximum Gasteiger partial charge on any atom is 0.120 e. The molecule has 2 aromatic carbocycles. The molecule has 1 aliphatic carbocycles. The third kappa shape index (κ3) is 2.10. The van der Waals surface area contributed by atoms with Crippen molar-refractivity contribution in [3.63, 3.8) is 0 Å². The van der Waals surface area contributed by atoms with Crippen molar-refractivity contribution in [1.29, 1.82) is 0 Å². The van der Waals surface area contributed by atoms with Crippen molar-refractivity contribution in [2.24, 2.45) is 5.41 Å². The van der Waals surface area contributed by atoms with E-state index in [4.69, 9.17) is 16.3 Å². The van der Waals surface area contributed by atoms with E-state index in [0.717, 1.165) is 18.6 Å². The van der Waals surface area contributed by atoms with Gasteiger partial charge in [-0.3, -0.25) is 0 Å². The lowest BCUT2D eigenvalue weighted by atomic mass is 9.65. The van der Waals surface area contributed by atoms with Gasteiger partial charge in [0.15, 0.2) is 0 Å². The summed E-state index contributed by atoms with van der Waals surface area (Å²) in [7, 11) is 0. The van der Waals surface area contributed by atoms with Gasteiger partial charge in [0.1, 0.15) is 11.9 Å². The second-order valence-electron chi connectivity index (χ2n) is 5.68. The monoisotopic (exact) mass is 274 g/mol. The first-order valence-electron chi connectivity index (χ1n) is 6.93. The van der Waals surface area contributed by atoms with Crippen LogP contribution in [-0.4, -0.2) is 11.5 Å². The van der Waals surface area contributed by atoms with E-state index in [1.54, 1.807) is 0 Å². The molecular weight excluding hydrogens is 256 g/mol. The number of alkyl halides is 1. The van der Waals surface area contributed by atoms with Gasteiger partial charge in [-0.15, -0.1) is 11.6 Å². The summed E-state index contributed by atoms with van der Waals surface area (Å²) < 4.78 is 6.15. The first kappa shape index (κ1) is 12.8. The number of fused-ring (bicyclic) bond motifs is 1. The summed E-state index contributed by atoms with van der Waals surface area (Å²) in [6.45, 7) is 4.41. The molecule has 19 heavy (non-hydrogen) atoms. The minimum atomic E-state index is 0.104. The van der Waals surface area contributed by atoms with Crippen LogP contribution in [-0.2, 0) is 0 Å². The van der Waals surface area contributed by atoms with E-state index in [9.17, 15) is 0 Å². The Balaban J connectivity index is 1.82. The molecule has 100 valence electrons. The molecular formula is C17H19ClO. The van der Waals surface area contributed by atoms with Crippen molar-refractivity contribution in [2.75, 3.05) is 0 Å². The zero-order valence-electron chi connectivity index (χ0n) is 11.4. The highest BCUT2D eigenvalue weighted by Crippen LogP contribution is 2.49. The fourth-order valence-corrected chi connectivity index (χ4v) is 3.26. The van der Waals surface area contributed by atoms with Crippen molar-refractivity contribution in [1.82, 2.24) is 0 Å². The smallest absolute Gasteiger partial charge is 0.120 e. The van der Waals surface area contributed by atoms with Crippen LogP contribution in [0, 0.1) is 5.41 Å². The van der Waals surface area contributed by atoms with Crippen LogP contribution < -0.4 is 4.74 Å². The Morgan fingerprint density at radius 1 is 1.21 bits per heavy atom. The Hall–Kier alpha value is -1.21. The van der Waals surface area contributed by atoms with Gasteiger partial charge in [-0.1, -0.05) is 44.2 Å². The lowest BCUT2D eigenvalue weighted by Crippen LogP contribution is -2.55. The number of hydrogen-bond acceptors (Lipinski definition) is 1. The van der Waals surface area contributed by atoms with Crippen molar-refractivity contribution < 1.29 is 4.74 Å². The molecule has 2 heteroatoms. The van der Waals surface area contributed by atoms with E-state index in [2.05, 4.69) is 56.3 Å². The van der Waals surface area contributed by atoms with Gasteiger partial charge in [0.25, 0.3) is 0 Å². The molecule has 0 saturated heterocycles. The lowest BCUT2D eigenvalue weighted by molar-refractivity contribution is -0.0294. The van der Waals surface area contributed by atoms with Gasteiger partial charge in [0.05, 0.1) is 0 Å². The highest BCUT2D eigenvalue weighted by Gasteiger charge is 2.51. The van der Waals surface area contributed by atoms with E-state index < -0.39 is 0 Å². The van der Waals surface area contributed by atoms with Crippen molar-refractivity contribution in [3.05, 3.63) is 42.5 Å². The number of benzene rings is 2. The Labute approximate surface area is 119 Å². The molecule has 0 radical (unpaired) electrons. The molecule has 0 aliphatic heterocycles. The molecule has 1 aliphatic rings. The van der Waals surface area contributed by atoms with E-state index in [1.807, 2.05) is 0 Å². The molecule has 2 aromatic rings. The molecule has 3 rings (SSSR count). The molecule has 0 bridgehead atoms. The maximum absolute atomic E-state index is 6.33. The first-order chi connectivity index (χ1) is 9.13. The quantitative estimate of drug-likeness (QED) is 0.715. The topological polar surface area (TPSA) is 9.23 Å². The van der Waals surface area contributed by atoms with Crippen LogP contribution in [0.4, 0.5) is 0 Å². The summed E-state index contributed by atoms with van der Waals surface area (Å²) in [5.41, 5.74) is 0.104. The average molecular weight is 275 g/mol. The normalized spacial score (nSPS) is 30.1. The van der Waals surface area contributed by atoms with Crippen molar-refractivity contribution in [3.8, 4) is 5.75 Å². The number of hydrogen-bond donors (Lipinski definition) is 0. The predicted molar refractivity (Wildman–Crippen MR) is 81.0 cm³/mol. The second-order valence-corrected chi connectivity index (χ2v) is 6.20. The van der Waals surface area contributed by atoms with E-state index >= 15 is 0 Å². The van der Waals surface area contributed by atoms with Crippen LogP contribution in [0.15, 0.2) is 42.5 Å². The van der Waals surface area contributed by atoms with Gasteiger partial charge in [-0.05, 0) is 29.3 Å². The SMILES string of the molecule is CCC1(C)C(Cl)CC1Oc1ccc2ccccc2c1. The summed E-state index contributed by atoms with van der Waals surface area (Å²) >= 11 is 6.33. The Bertz CT molecular complexity index is 595. The molecule has 0 aromatic heterocycles. The summed E-state index contributed by atoms with van der Waals surface area (Å²) in [6, 6.07) is 14.6. The van der Waals surface area contributed by atoms with Crippen LogP contribution >= 0.6 is 11.6 Å². The third-order valence-electron chi connectivity index (χ3n) is 4.63. The molecule has 3 atom stereocenters. The molecule has 1 saturated carbocycles. The highest BCUT2D eigenvalue weighted by molar-refractivity contribution is 6.21. The Morgan fingerprint density at radius 3 is 2.63 bits per heavy atom. The molecule has 3 unspecified atom stereocenters. The Morgan fingerprint density at radius 2 is 1.95 bits per heavy atom. The number of rotatable bonds is 3. The van der Waals surface area contributed by atoms with Gasteiger partial charge in [-0.25, -0.2) is 0 Å². The summed E-state index contributed by atoms with van der Waals surface area (Å²) in [4.78, 5) is 0. The summed E-state index contributed by atoms with van der Waals surface area (Å²) in [5.74, 6) is 0.951. The first-order valence-corrected chi connectivity index (χ1v) is 7.36. The van der Waals surface area contributed by atoms with Gasteiger partial charge in [0, 0.05) is 17.2 Å². The van der Waals surface area contributed by atoms with Gasteiger partial charge in [0.2, 0.25) is 0 Å². The molecule has 1 fully saturated rings. The number of ether oxygens (including phenoxy) is 1. The largest absolute Gasteiger partial charge is 0.490 e. The van der Waals surface area contributed by atoms with Crippen molar-refractivity contribution >= 4 is 22.4 Å². The van der Waals surface area contributed by atoms with Crippen LogP contribution in [0.5, 0.6) is 5.75 Å². The molecule has 0 amide bonds. The summed E-state index contributed by atoms with van der Waals surface area (Å²) in [5, 5.41) is 2.71. The standard InChI is InChI=1S/C17H19ClO/c1-3-17(2)15(18)11-16(17)19-14-9-8-12-6-4-5-7-13(12)10-14/h4-10,15-16H,3,11H2,1-2H3. The van der Waals surface area contributed by atoms with Gasteiger partial charge in [-0.2, -0.15) is 0 Å². The van der Waals surface area contributed by atoms with E-state index in [-0.39, 0.29) is 16.9 Å². The highest BCUT2D eigenvalue weighted by atomic mass is 35.5. The zero-order valence-corrected chi connectivity index (χ0v) is 12.2. The zero-order chi connectivity index (χ0) is 13.5. The van der Waals surface area contributed by atoms with Crippen LogP contribution in [0.1, 0.15) is 26.7 Å². The fourth-order valence-electron chi connectivity index (χ4n) is 2.80. The van der Waals surface area contributed by atoms with Gasteiger partial charge < -0.3 is 4.74 Å². The second kappa shape index (κ2) is 4.72. The summed E-state index contributed by atoms with van der Waals surface area (Å²) in [6.07, 6.45) is 2.24. The third-order valence-corrected chi connectivity index (χ3v) is 5.31. The van der Waals surface area contributed by atoms with Crippen molar-refractivity contribution in [2.45, 2.75) is 38.2 Å². The fraction of sp³-hybridized carbons (Fsp3) is 0.412. The minimum Gasteiger partial charge on any atom is -0.490 e. The molecule has 1 nitrogen and oxygen atoms in total.